The van der Waals surface area contributed by atoms with E-state index in [9.17, 15) is 4.79 Å². The van der Waals surface area contributed by atoms with Crippen LogP contribution in [0.4, 0.5) is 0 Å². The summed E-state index contributed by atoms with van der Waals surface area (Å²) >= 11 is 0. The van der Waals surface area contributed by atoms with Gasteiger partial charge in [0.05, 0.1) is 6.61 Å². The molecule has 0 amide bonds. The third kappa shape index (κ3) is 2.29. The summed E-state index contributed by atoms with van der Waals surface area (Å²) in [6.07, 6.45) is -0.351. The lowest BCUT2D eigenvalue weighted by atomic mass is 9.84. The molecule has 0 saturated carbocycles. The monoisotopic (exact) mass is 186 g/mol. The Hall–Kier alpha value is -0.410. The Morgan fingerprint density at radius 2 is 1.85 bits per heavy atom. The smallest absolute Gasteiger partial charge is 0.163 e. The number of hydrogen-bond acceptors (Lipinski definition) is 3. The minimum absolute atomic E-state index is 0.0707. The standard InChI is InChI=1S/C10H18O3/c1-7(11)8-9(2,3)6-12-10(4,5)13-8/h8H,6H2,1-5H3. The van der Waals surface area contributed by atoms with Crippen molar-refractivity contribution in [3.63, 3.8) is 0 Å². The minimum Gasteiger partial charge on any atom is -0.350 e. The van der Waals surface area contributed by atoms with Crippen molar-refractivity contribution in [2.24, 2.45) is 5.41 Å². The van der Waals surface area contributed by atoms with Crippen LogP contribution in [0.5, 0.6) is 0 Å². The highest BCUT2D eigenvalue weighted by atomic mass is 16.7. The fraction of sp³-hybridized carbons (Fsp3) is 0.900. The van der Waals surface area contributed by atoms with Crippen LogP contribution in [0, 0.1) is 5.41 Å². The Morgan fingerprint density at radius 1 is 1.31 bits per heavy atom. The van der Waals surface area contributed by atoms with Gasteiger partial charge in [0.15, 0.2) is 11.6 Å². The first-order chi connectivity index (χ1) is 5.75. The lowest BCUT2D eigenvalue weighted by Crippen LogP contribution is -2.53. The Labute approximate surface area is 79.4 Å². The summed E-state index contributed by atoms with van der Waals surface area (Å²) in [7, 11) is 0. The topological polar surface area (TPSA) is 35.5 Å². The molecule has 0 aromatic rings. The van der Waals surface area contributed by atoms with Crippen molar-refractivity contribution in [3.8, 4) is 0 Å². The molecule has 0 aliphatic carbocycles. The van der Waals surface area contributed by atoms with Gasteiger partial charge in [0.25, 0.3) is 0 Å². The van der Waals surface area contributed by atoms with Crippen molar-refractivity contribution >= 4 is 5.78 Å². The molecule has 0 N–H and O–H groups in total. The van der Waals surface area contributed by atoms with Gasteiger partial charge in [-0.1, -0.05) is 13.8 Å². The summed E-state index contributed by atoms with van der Waals surface area (Å²) in [5, 5.41) is 0. The van der Waals surface area contributed by atoms with E-state index in [-0.39, 0.29) is 17.3 Å². The molecule has 3 heteroatoms. The molecule has 1 rings (SSSR count). The summed E-state index contributed by atoms with van der Waals surface area (Å²) in [6.45, 7) is 9.75. The highest BCUT2D eigenvalue weighted by Gasteiger charge is 2.43. The van der Waals surface area contributed by atoms with Crippen LogP contribution >= 0.6 is 0 Å². The van der Waals surface area contributed by atoms with Crippen LogP contribution in [0.25, 0.3) is 0 Å². The molecular weight excluding hydrogens is 168 g/mol. The Kier molecular flexibility index (Phi) is 2.52. The predicted octanol–water partition coefficient (Wildman–Crippen LogP) is 1.75. The van der Waals surface area contributed by atoms with Crippen LogP contribution in [-0.2, 0) is 14.3 Å². The van der Waals surface area contributed by atoms with Gasteiger partial charge in [-0.05, 0) is 20.8 Å². The molecule has 0 radical (unpaired) electrons. The molecule has 0 aromatic heterocycles. The van der Waals surface area contributed by atoms with Crippen LogP contribution < -0.4 is 0 Å². The number of rotatable bonds is 1. The van der Waals surface area contributed by atoms with Crippen LogP contribution in [0.1, 0.15) is 34.6 Å². The first kappa shape index (κ1) is 10.7. The number of carbonyl (C=O) groups excluding carboxylic acids is 1. The number of carbonyl (C=O) groups is 1. The molecule has 0 bridgehead atoms. The van der Waals surface area contributed by atoms with Crippen molar-refractivity contribution in [3.05, 3.63) is 0 Å². The van der Waals surface area contributed by atoms with E-state index >= 15 is 0 Å². The molecule has 1 unspecified atom stereocenters. The SMILES string of the molecule is CC(=O)C1OC(C)(C)OCC1(C)C. The molecular formula is C10H18O3. The zero-order chi connectivity index (χ0) is 10.3. The van der Waals surface area contributed by atoms with Gasteiger partial charge >= 0.3 is 0 Å². The third-order valence-electron chi connectivity index (χ3n) is 2.27. The van der Waals surface area contributed by atoms with Crippen molar-refractivity contribution in [1.29, 1.82) is 0 Å². The van der Waals surface area contributed by atoms with Crippen LogP contribution in [-0.4, -0.2) is 24.3 Å². The van der Waals surface area contributed by atoms with Gasteiger partial charge in [0.2, 0.25) is 0 Å². The normalized spacial score (nSPS) is 31.3. The highest BCUT2D eigenvalue weighted by molar-refractivity contribution is 5.81. The zero-order valence-electron chi connectivity index (χ0n) is 9.01. The largest absolute Gasteiger partial charge is 0.350 e. The predicted molar refractivity (Wildman–Crippen MR) is 49.4 cm³/mol. The van der Waals surface area contributed by atoms with Gasteiger partial charge in [0, 0.05) is 5.41 Å². The van der Waals surface area contributed by atoms with E-state index in [1.54, 1.807) is 6.92 Å². The molecule has 0 aromatic carbocycles. The zero-order valence-corrected chi connectivity index (χ0v) is 9.01. The second-order valence-electron chi connectivity index (χ2n) is 4.79. The summed E-state index contributed by atoms with van der Waals surface area (Å²) in [4.78, 5) is 11.3. The fourth-order valence-electron chi connectivity index (χ4n) is 1.55. The Balaban J connectivity index is 2.82. The van der Waals surface area contributed by atoms with Gasteiger partial charge in [0.1, 0.15) is 6.10 Å². The Bertz CT molecular complexity index is 218. The van der Waals surface area contributed by atoms with E-state index < -0.39 is 5.79 Å². The van der Waals surface area contributed by atoms with Gasteiger partial charge in [-0.25, -0.2) is 0 Å². The first-order valence-corrected chi connectivity index (χ1v) is 4.57. The summed E-state index contributed by atoms with van der Waals surface area (Å²) in [5.41, 5.74) is -0.221. The second-order valence-corrected chi connectivity index (χ2v) is 4.79. The van der Waals surface area contributed by atoms with Gasteiger partial charge in [-0.3, -0.25) is 4.79 Å². The lowest BCUT2D eigenvalue weighted by molar-refractivity contribution is -0.303. The molecule has 13 heavy (non-hydrogen) atoms. The Morgan fingerprint density at radius 3 is 2.23 bits per heavy atom. The quantitative estimate of drug-likeness (QED) is 0.626. The van der Waals surface area contributed by atoms with Crippen LogP contribution in [0.3, 0.4) is 0 Å². The van der Waals surface area contributed by atoms with E-state index in [0.717, 1.165) is 0 Å². The molecule has 1 fully saturated rings. The molecule has 1 saturated heterocycles. The second kappa shape index (κ2) is 3.07. The van der Waals surface area contributed by atoms with Gasteiger partial charge in [-0.2, -0.15) is 0 Å². The van der Waals surface area contributed by atoms with E-state index in [1.807, 2.05) is 27.7 Å². The van der Waals surface area contributed by atoms with Crippen molar-refractivity contribution < 1.29 is 14.3 Å². The maximum atomic E-state index is 11.3. The third-order valence-corrected chi connectivity index (χ3v) is 2.27. The highest BCUT2D eigenvalue weighted by Crippen LogP contribution is 2.34. The number of ether oxygens (including phenoxy) is 2. The number of Topliss-reactive ketones (excluding diaryl/α,β-unsaturated/α-hetero) is 1. The van der Waals surface area contributed by atoms with Crippen molar-refractivity contribution in [2.45, 2.75) is 46.5 Å². The van der Waals surface area contributed by atoms with Crippen LogP contribution in [0.15, 0.2) is 0 Å². The molecule has 1 heterocycles. The molecule has 1 aliphatic heterocycles. The van der Waals surface area contributed by atoms with Crippen molar-refractivity contribution in [2.75, 3.05) is 6.61 Å². The molecule has 1 atom stereocenters. The maximum absolute atomic E-state index is 11.3. The fourth-order valence-corrected chi connectivity index (χ4v) is 1.55. The van der Waals surface area contributed by atoms with E-state index in [1.165, 1.54) is 0 Å². The van der Waals surface area contributed by atoms with E-state index in [2.05, 4.69) is 0 Å². The van der Waals surface area contributed by atoms with Gasteiger partial charge < -0.3 is 9.47 Å². The number of hydrogen-bond donors (Lipinski definition) is 0. The van der Waals surface area contributed by atoms with E-state index in [0.29, 0.717) is 6.61 Å². The maximum Gasteiger partial charge on any atom is 0.163 e. The average Bonchev–Trinajstić information content (AvgIpc) is 1.95. The average molecular weight is 186 g/mol. The van der Waals surface area contributed by atoms with Gasteiger partial charge in [-0.15, -0.1) is 0 Å². The minimum atomic E-state index is -0.633. The summed E-state index contributed by atoms with van der Waals surface area (Å²) in [5.74, 6) is -0.562. The number of ketones is 1. The molecule has 3 nitrogen and oxygen atoms in total. The van der Waals surface area contributed by atoms with Crippen molar-refractivity contribution in [1.82, 2.24) is 0 Å². The molecule has 1 aliphatic rings. The summed E-state index contributed by atoms with van der Waals surface area (Å²) in [6, 6.07) is 0. The molecule has 0 spiro atoms. The van der Waals surface area contributed by atoms with Crippen LogP contribution in [0.2, 0.25) is 0 Å². The first-order valence-electron chi connectivity index (χ1n) is 4.57. The summed E-state index contributed by atoms with van der Waals surface area (Å²) < 4.78 is 11.1. The molecule has 76 valence electrons. The van der Waals surface area contributed by atoms with E-state index in [4.69, 9.17) is 9.47 Å². The lowest BCUT2D eigenvalue weighted by Gasteiger charge is -2.44.